The Labute approximate surface area is 106 Å². The third-order valence-electron chi connectivity index (χ3n) is 3.58. The monoisotopic (exact) mass is 245 g/mol. The van der Waals surface area contributed by atoms with Crippen molar-refractivity contribution in [2.24, 2.45) is 0 Å². The van der Waals surface area contributed by atoms with Crippen LogP contribution in [0.15, 0.2) is 18.2 Å². The zero-order chi connectivity index (χ0) is 12.4. The van der Waals surface area contributed by atoms with E-state index in [1.165, 1.54) is 38.5 Å². The summed E-state index contributed by atoms with van der Waals surface area (Å²) in [4.78, 5) is 4.18. The van der Waals surface area contributed by atoms with Gasteiger partial charge in [-0.15, -0.1) is 5.10 Å². The lowest BCUT2D eigenvalue weighted by molar-refractivity contribution is 0.615. The summed E-state index contributed by atoms with van der Waals surface area (Å²) in [6.07, 6.45) is 7.82. The summed E-state index contributed by atoms with van der Waals surface area (Å²) < 4.78 is 1.79. The first kappa shape index (κ1) is 11.3. The molecule has 0 amide bonds. The van der Waals surface area contributed by atoms with E-state index in [2.05, 4.69) is 15.4 Å². The predicted octanol–water partition coefficient (Wildman–Crippen LogP) is 2.45. The Morgan fingerprint density at radius 1 is 1.17 bits per heavy atom. The van der Waals surface area contributed by atoms with Crippen molar-refractivity contribution in [3.05, 3.63) is 18.2 Å². The van der Waals surface area contributed by atoms with E-state index >= 15 is 0 Å². The summed E-state index contributed by atoms with van der Waals surface area (Å²) in [5, 5.41) is 7.80. The van der Waals surface area contributed by atoms with Crippen LogP contribution in [-0.4, -0.2) is 20.6 Å². The molecule has 0 radical (unpaired) electrons. The molecule has 0 saturated heterocycles. The van der Waals surface area contributed by atoms with Gasteiger partial charge in [-0.1, -0.05) is 31.7 Å². The van der Waals surface area contributed by atoms with Gasteiger partial charge in [0.15, 0.2) is 5.65 Å². The highest BCUT2D eigenvalue weighted by Gasteiger charge is 2.13. The van der Waals surface area contributed by atoms with E-state index in [1.807, 2.05) is 18.2 Å². The van der Waals surface area contributed by atoms with Crippen LogP contribution >= 0.6 is 0 Å². The van der Waals surface area contributed by atoms with Gasteiger partial charge >= 0.3 is 0 Å². The second-order valence-corrected chi connectivity index (χ2v) is 4.98. The minimum Gasteiger partial charge on any atom is -0.367 e. The normalized spacial score (nSPS) is 17.8. The van der Waals surface area contributed by atoms with Crippen LogP contribution in [0.1, 0.15) is 38.5 Å². The summed E-state index contributed by atoms with van der Waals surface area (Å²) in [5.74, 6) is 1.31. The Kier molecular flexibility index (Phi) is 3.04. The molecule has 1 aliphatic carbocycles. The van der Waals surface area contributed by atoms with Crippen molar-refractivity contribution in [2.75, 3.05) is 11.1 Å². The molecule has 2 heterocycles. The topological polar surface area (TPSA) is 68.2 Å². The number of fused-ring (bicyclic) bond motifs is 1. The number of anilines is 2. The summed E-state index contributed by atoms with van der Waals surface area (Å²) >= 11 is 0. The van der Waals surface area contributed by atoms with E-state index in [4.69, 9.17) is 5.73 Å². The smallest absolute Gasteiger partial charge is 0.240 e. The van der Waals surface area contributed by atoms with Crippen LogP contribution in [0.2, 0.25) is 0 Å². The molecule has 1 fully saturated rings. The van der Waals surface area contributed by atoms with E-state index < -0.39 is 0 Å². The number of hydrogen-bond donors (Lipinski definition) is 2. The van der Waals surface area contributed by atoms with Gasteiger partial charge in [-0.3, -0.25) is 0 Å². The molecule has 0 aromatic carbocycles. The molecule has 0 atom stereocenters. The lowest BCUT2D eigenvalue weighted by atomic mass is 10.1. The first-order valence-electron chi connectivity index (χ1n) is 6.71. The minimum absolute atomic E-state index is 0.324. The fourth-order valence-corrected chi connectivity index (χ4v) is 2.66. The van der Waals surface area contributed by atoms with Gasteiger partial charge in [0.2, 0.25) is 5.95 Å². The SMILES string of the molecule is Nc1nc2cccc(NC3CCCCCC3)n2n1. The number of nitrogens with one attached hydrogen (secondary N) is 1. The molecule has 1 saturated carbocycles. The molecule has 2 aromatic rings. The highest BCUT2D eigenvalue weighted by Crippen LogP contribution is 2.21. The van der Waals surface area contributed by atoms with Crippen molar-refractivity contribution in [1.29, 1.82) is 0 Å². The second-order valence-electron chi connectivity index (χ2n) is 4.98. The molecule has 96 valence electrons. The van der Waals surface area contributed by atoms with E-state index in [9.17, 15) is 0 Å². The van der Waals surface area contributed by atoms with Gasteiger partial charge in [-0.2, -0.15) is 9.50 Å². The van der Waals surface area contributed by atoms with Crippen molar-refractivity contribution >= 4 is 17.4 Å². The molecule has 1 aliphatic rings. The molecule has 5 heteroatoms. The maximum absolute atomic E-state index is 5.65. The predicted molar refractivity (Wildman–Crippen MR) is 72.5 cm³/mol. The van der Waals surface area contributed by atoms with Gasteiger partial charge in [-0.05, 0) is 25.0 Å². The maximum atomic E-state index is 5.65. The standard InChI is InChI=1S/C13H19N5/c14-13-16-12-9-5-8-11(18(12)17-13)15-10-6-3-1-2-4-7-10/h5,8-10,15H,1-4,6-7H2,(H2,14,17). The fourth-order valence-electron chi connectivity index (χ4n) is 2.66. The summed E-state index contributed by atoms with van der Waals surface area (Å²) in [5.41, 5.74) is 6.44. The van der Waals surface area contributed by atoms with Crippen molar-refractivity contribution in [3.63, 3.8) is 0 Å². The third-order valence-corrected chi connectivity index (χ3v) is 3.58. The maximum Gasteiger partial charge on any atom is 0.240 e. The van der Waals surface area contributed by atoms with Gasteiger partial charge in [-0.25, -0.2) is 0 Å². The van der Waals surface area contributed by atoms with Gasteiger partial charge < -0.3 is 11.1 Å². The minimum atomic E-state index is 0.324. The van der Waals surface area contributed by atoms with Crippen LogP contribution in [0.4, 0.5) is 11.8 Å². The van der Waals surface area contributed by atoms with Crippen molar-refractivity contribution < 1.29 is 0 Å². The highest BCUT2D eigenvalue weighted by atomic mass is 15.4. The third kappa shape index (κ3) is 2.25. The Hall–Kier alpha value is -1.78. The molecule has 0 bridgehead atoms. The van der Waals surface area contributed by atoms with Crippen LogP contribution in [0.3, 0.4) is 0 Å². The lowest BCUT2D eigenvalue weighted by Crippen LogP contribution is -2.20. The number of pyridine rings is 1. The molecule has 0 aliphatic heterocycles. The molecular weight excluding hydrogens is 226 g/mol. The first-order valence-corrected chi connectivity index (χ1v) is 6.71. The highest BCUT2D eigenvalue weighted by molar-refractivity contribution is 5.51. The second kappa shape index (κ2) is 4.84. The summed E-state index contributed by atoms with van der Waals surface area (Å²) in [6.45, 7) is 0. The van der Waals surface area contributed by atoms with E-state index in [-0.39, 0.29) is 0 Å². The number of rotatable bonds is 2. The van der Waals surface area contributed by atoms with Crippen LogP contribution < -0.4 is 11.1 Å². The molecule has 3 rings (SSSR count). The van der Waals surface area contributed by atoms with Crippen molar-refractivity contribution in [2.45, 2.75) is 44.6 Å². The Morgan fingerprint density at radius 3 is 2.72 bits per heavy atom. The summed E-state index contributed by atoms with van der Waals surface area (Å²) in [6, 6.07) is 6.49. The lowest BCUT2D eigenvalue weighted by Gasteiger charge is -2.17. The van der Waals surface area contributed by atoms with Crippen molar-refractivity contribution in [3.8, 4) is 0 Å². The molecule has 3 N–H and O–H groups in total. The zero-order valence-electron chi connectivity index (χ0n) is 10.5. The Morgan fingerprint density at radius 2 is 1.94 bits per heavy atom. The molecule has 18 heavy (non-hydrogen) atoms. The van der Waals surface area contributed by atoms with Gasteiger partial charge in [0.25, 0.3) is 0 Å². The fraction of sp³-hybridized carbons (Fsp3) is 0.538. The van der Waals surface area contributed by atoms with Crippen LogP contribution in [0.5, 0.6) is 0 Å². The van der Waals surface area contributed by atoms with E-state index in [1.54, 1.807) is 4.52 Å². The van der Waals surface area contributed by atoms with Crippen LogP contribution in [0, 0.1) is 0 Å². The number of nitrogen functional groups attached to an aromatic ring is 1. The number of aromatic nitrogens is 3. The summed E-state index contributed by atoms with van der Waals surface area (Å²) in [7, 11) is 0. The van der Waals surface area contributed by atoms with Gasteiger partial charge in [0.05, 0.1) is 0 Å². The quantitative estimate of drug-likeness (QED) is 0.797. The van der Waals surface area contributed by atoms with Crippen LogP contribution in [0.25, 0.3) is 5.65 Å². The molecule has 0 spiro atoms. The van der Waals surface area contributed by atoms with E-state index in [0.717, 1.165) is 11.5 Å². The average Bonchev–Trinajstić information content (AvgIpc) is 2.58. The average molecular weight is 245 g/mol. The molecule has 0 unspecified atom stereocenters. The molecular formula is C13H19N5. The molecule has 2 aromatic heterocycles. The Bertz CT molecular complexity index is 525. The van der Waals surface area contributed by atoms with Gasteiger partial charge in [0, 0.05) is 6.04 Å². The molecule has 5 nitrogen and oxygen atoms in total. The van der Waals surface area contributed by atoms with E-state index in [0.29, 0.717) is 12.0 Å². The number of nitrogens with zero attached hydrogens (tertiary/aromatic N) is 3. The number of nitrogens with two attached hydrogens (primary N) is 1. The largest absolute Gasteiger partial charge is 0.367 e. The van der Waals surface area contributed by atoms with Crippen LogP contribution in [-0.2, 0) is 0 Å². The Balaban J connectivity index is 1.84. The number of hydrogen-bond acceptors (Lipinski definition) is 4. The zero-order valence-corrected chi connectivity index (χ0v) is 10.5. The van der Waals surface area contributed by atoms with Gasteiger partial charge in [0.1, 0.15) is 5.82 Å². The van der Waals surface area contributed by atoms with Crippen molar-refractivity contribution in [1.82, 2.24) is 14.6 Å². The first-order chi connectivity index (χ1) is 8.83.